The van der Waals surface area contributed by atoms with Gasteiger partial charge in [0, 0.05) is 18.2 Å². The number of hydrogen-bond donors (Lipinski definition) is 0. The highest BCUT2D eigenvalue weighted by Gasteiger charge is 2.16. The van der Waals surface area contributed by atoms with Crippen LogP contribution >= 0.6 is 15.9 Å². The maximum absolute atomic E-state index is 11.8. The van der Waals surface area contributed by atoms with Gasteiger partial charge in [0.1, 0.15) is 5.78 Å². The van der Waals surface area contributed by atoms with Crippen LogP contribution in [0, 0.1) is 23.2 Å². The van der Waals surface area contributed by atoms with E-state index in [-0.39, 0.29) is 11.7 Å². The highest BCUT2D eigenvalue weighted by Crippen LogP contribution is 2.20. The molecule has 19 heavy (non-hydrogen) atoms. The van der Waals surface area contributed by atoms with Crippen LogP contribution < -0.4 is 0 Å². The summed E-state index contributed by atoms with van der Waals surface area (Å²) in [5.41, 5.74) is 0. The molecule has 0 bridgehead atoms. The number of carbonyl (C=O) groups excluding carboxylic acids is 1. The van der Waals surface area contributed by atoms with E-state index in [9.17, 15) is 4.79 Å². The maximum Gasteiger partial charge on any atom is 0.134 e. The number of ketones is 1. The van der Waals surface area contributed by atoms with Crippen LogP contribution in [-0.4, -0.2) is 11.1 Å². The lowest BCUT2D eigenvalue weighted by Crippen LogP contribution is -2.10. The predicted molar refractivity (Wildman–Crippen MR) is 84.0 cm³/mol. The lowest BCUT2D eigenvalue weighted by atomic mass is 9.92. The highest BCUT2D eigenvalue weighted by atomic mass is 79.9. The summed E-state index contributed by atoms with van der Waals surface area (Å²) in [5, 5.41) is 9.87. The van der Waals surface area contributed by atoms with E-state index in [2.05, 4.69) is 28.9 Å². The third-order valence-corrected chi connectivity index (χ3v) is 4.25. The first kappa shape index (κ1) is 18.6. The van der Waals surface area contributed by atoms with Gasteiger partial charge in [0.05, 0.1) is 12.0 Å². The zero-order valence-corrected chi connectivity index (χ0v) is 14.0. The number of alkyl halides is 1. The lowest BCUT2D eigenvalue weighted by molar-refractivity contribution is -0.119. The van der Waals surface area contributed by atoms with Gasteiger partial charge in [-0.2, -0.15) is 5.26 Å². The van der Waals surface area contributed by atoms with Gasteiger partial charge in [-0.3, -0.25) is 4.79 Å². The molecular formula is C16H27BrNO. The molecule has 1 radical (unpaired) electrons. The Labute approximate surface area is 127 Å². The van der Waals surface area contributed by atoms with Crippen LogP contribution in [0.15, 0.2) is 0 Å². The summed E-state index contributed by atoms with van der Waals surface area (Å²) in [7, 11) is 0. The normalized spacial score (nSPS) is 12.4. The maximum atomic E-state index is 11.8. The van der Waals surface area contributed by atoms with E-state index in [0.29, 0.717) is 12.8 Å². The second kappa shape index (κ2) is 12.7. The number of halogens is 1. The average Bonchev–Trinajstić information content (AvgIpc) is 2.41. The Morgan fingerprint density at radius 2 is 1.79 bits per heavy atom. The van der Waals surface area contributed by atoms with Gasteiger partial charge in [-0.1, -0.05) is 61.9 Å². The van der Waals surface area contributed by atoms with Crippen LogP contribution in [0.5, 0.6) is 0 Å². The van der Waals surface area contributed by atoms with Crippen molar-refractivity contribution in [1.82, 2.24) is 0 Å². The average molecular weight is 329 g/mol. The molecule has 0 saturated heterocycles. The molecule has 0 unspecified atom stereocenters. The molecule has 0 rings (SSSR count). The molecule has 0 aromatic carbocycles. The van der Waals surface area contributed by atoms with E-state index < -0.39 is 0 Å². The summed E-state index contributed by atoms with van der Waals surface area (Å²) in [4.78, 5) is 11.8. The van der Waals surface area contributed by atoms with Gasteiger partial charge in [-0.05, 0) is 18.8 Å². The van der Waals surface area contributed by atoms with Crippen molar-refractivity contribution < 1.29 is 4.79 Å². The smallest absolute Gasteiger partial charge is 0.134 e. The summed E-state index contributed by atoms with van der Waals surface area (Å²) < 4.78 is 0. The number of nitriles is 1. The molecule has 0 spiro atoms. The van der Waals surface area contributed by atoms with E-state index in [1.165, 1.54) is 31.6 Å². The first-order valence-corrected chi connectivity index (χ1v) is 8.54. The van der Waals surface area contributed by atoms with E-state index in [4.69, 9.17) is 5.26 Å². The molecule has 0 N–H and O–H groups in total. The minimum Gasteiger partial charge on any atom is -0.300 e. The number of carbonyl (C=O) groups is 1. The molecule has 0 aliphatic carbocycles. The molecule has 0 aromatic heterocycles. The molecule has 0 heterocycles. The molecule has 0 amide bonds. The molecule has 0 fully saturated rings. The van der Waals surface area contributed by atoms with Gasteiger partial charge in [0.2, 0.25) is 0 Å². The van der Waals surface area contributed by atoms with Gasteiger partial charge in [0.25, 0.3) is 0 Å². The van der Waals surface area contributed by atoms with Crippen LogP contribution in [0.4, 0.5) is 0 Å². The van der Waals surface area contributed by atoms with Crippen LogP contribution in [0.25, 0.3) is 0 Å². The third-order valence-electron chi connectivity index (χ3n) is 3.29. The molecule has 3 heteroatoms. The Hall–Kier alpha value is -0.360. The molecule has 1 atom stereocenters. The second-order valence-corrected chi connectivity index (χ2v) is 5.94. The van der Waals surface area contributed by atoms with Gasteiger partial charge in [-0.25, -0.2) is 0 Å². The van der Waals surface area contributed by atoms with Crippen molar-refractivity contribution in [2.24, 2.45) is 5.92 Å². The largest absolute Gasteiger partial charge is 0.300 e. The molecule has 0 aliphatic rings. The first-order valence-electron chi connectivity index (χ1n) is 7.42. The fourth-order valence-electron chi connectivity index (χ4n) is 2.12. The van der Waals surface area contributed by atoms with Crippen LogP contribution in [-0.2, 0) is 4.79 Å². The highest BCUT2D eigenvalue weighted by molar-refractivity contribution is 9.09. The van der Waals surface area contributed by atoms with E-state index >= 15 is 0 Å². The number of nitrogens with zero attached hydrogens (tertiary/aromatic N) is 1. The predicted octanol–water partition coefficient (Wildman–Crippen LogP) is 5.22. The Morgan fingerprint density at radius 3 is 2.37 bits per heavy atom. The van der Waals surface area contributed by atoms with Crippen LogP contribution in [0.2, 0.25) is 0 Å². The Morgan fingerprint density at radius 1 is 1.16 bits per heavy atom. The second-order valence-electron chi connectivity index (χ2n) is 5.38. The van der Waals surface area contributed by atoms with Crippen molar-refractivity contribution in [3.05, 3.63) is 5.92 Å². The number of Topliss-reactive ketones (excluding diaryl/α,β-unsaturated/α-hetero) is 1. The number of hydrogen-bond acceptors (Lipinski definition) is 2. The van der Waals surface area contributed by atoms with Crippen LogP contribution in [0.3, 0.4) is 0 Å². The summed E-state index contributed by atoms with van der Waals surface area (Å²) in [6.45, 7) is 4.23. The van der Waals surface area contributed by atoms with Gasteiger partial charge in [-0.15, -0.1) is 0 Å². The Balaban J connectivity index is 3.68. The number of rotatable bonds is 12. The van der Waals surface area contributed by atoms with Crippen LogP contribution in [0.1, 0.15) is 71.6 Å². The third kappa shape index (κ3) is 11.2. The molecule has 2 nitrogen and oxygen atoms in total. The van der Waals surface area contributed by atoms with E-state index in [0.717, 1.165) is 24.6 Å². The molecule has 0 aromatic rings. The van der Waals surface area contributed by atoms with E-state index in [1.807, 2.05) is 6.92 Å². The summed E-state index contributed by atoms with van der Waals surface area (Å²) in [6.07, 6.45) is 9.03. The van der Waals surface area contributed by atoms with Gasteiger partial charge >= 0.3 is 0 Å². The topological polar surface area (TPSA) is 40.9 Å². The summed E-state index contributed by atoms with van der Waals surface area (Å²) in [6, 6.07) is 2.25. The van der Waals surface area contributed by atoms with Crippen molar-refractivity contribution >= 4 is 21.7 Å². The zero-order valence-electron chi connectivity index (χ0n) is 12.4. The van der Waals surface area contributed by atoms with Gasteiger partial charge < -0.3 is 0 Å². The molecular weight excluding hydrogens is 302 g/mol. The zero-order chi connectivity index (χ0) is 14.5. The first-order chi connectivity index (χ1) is 9.13. The fourth-order valence-corrected chi connectivity index (χ4v) is 2.35. The molecule has 109 valence electrons. The minimum absolute atomic E-state index is 0.134. The summed E-state index contributed by atoms with van der Waals surface area (Å²) >= 11 is 3.38. The van der Waals surface area contributed by atoms with Crippen molar-refractivity contribution in [1.29, 1.82) is 5.26 Å². The standard InChI is InChI=1S/C16H27BrNO/c1-3-4-5-6-7-8-9-16(19)11-15(13-18)10-14(2)12-17/h15H,3-12H2,1-2H3/t15-/m0/s1. The van der Waals surface area contributed by atoms with Crippen molar-refractivity contribution in [3.63, 3.8) is 0 Å². The fraction of sp³-hybridized carbons (Fsp3) is 0.812. The quantitative estimate of drug-likeness (QED) is 0.364. The minimum atomic E-state index is -0.134. The Bertz CT molecular complexity index is 272. The van der Waals surface area contributed by atoms with Crippen molar-refractivity contribution in [2.75, 3.05) is 5.33 Å². The molecule has 0 aliphatic heterocycles. The Kier molecular flexibility index (Phi) is 12.4. The number of unbranched alkanes of at least 4 members (excludes halogenated alkanes) is 5. The van der Waals surface area contributed by atoms with E-state index in [1.54, 1.807) is 0 Å². The lowest BCUT2D eigenvalue weighted by Gasteiger charge is -2.11. The molecule has 0 saturated carbocycles. The van der Waals surface area contributed by atoms with Crippen molar-refractivity contribution in [2.45, 2.75) is 71.6 Å². The SMILES string of the molecule is CCCCCCCCC(=O)C[C@@H](C#N)C[C](C)CBr. The summed E-state index contributed by atoms with van der Waals surface area (Å²) in [5.74, 6) is 1.36. The van der Waals surface area contributed by atoms with Gasteiger partial charge in [0.15, 0.2) is 0 Å². The van der Waals surface area contributed by atoms with Crippen molar-refractivity contribution in [3.8, 4) is 6.07 Å². The monoisotopic (exact) mass is 328 g/mol.